The molecule has 0 bridgehead atoms. The Balaban J connectivity index is 2.06. The Labute approximate surface area is 86.5 Å². The summed E-state index contributed by atoms with van der Waals surface area (Å²) in [5.74, 6) is -0.446. The molecular weight excluding hydrogens is 198 g/mol. The van der Waals surface area contributed by atoms with Gasteiger partial charge in [-0.2, -0.15) is 0 Å². The van der Waals surface area contributed by atoms with E-state index in [-0.39, 0.29) is 5.37 Å². The van der Waals surface area contributed by atoms with Crippen molar-refractivity contribution in [1.29, 1.82) is 0 Å². The van der Waals surface area contributed by atoms with Crippen LogP contribution in [0.1, 0.15) is 10.9 Å². The molecule has 1 saturated heterocycles. The maximum Gasteiger partial charge on any atom is 0.0795 e. The summed E-state index contributed by atoms with van der Waals surface area (Å²) in [5, 5.41) is 13.7. The largest absolute Gasteiger partial charge is 0.548 e. The van der Waals surface area contributed by atoms with E-state index < -0.39 is 12.0 Å². The van der Waals surface area contributed by atoms with Crippen molar-refractivity contribution in [3.8, 4) is 0 Å². The van der Waals surface area contributed by atoms with E-state index in [2.05, 4.69) is 5.32 Å². The minimum atomic E-state index is -1.02. The monoisotopic (exact) mass is 208 g/mol. The number of hydrogen-bond donors (Lipinski definition) is 1. The fourth-order valence-electron chi connectivity index (χ4n) is 1.43. The van der Waals surface area contributed by atoms with Crippen molar-refractivity contribution in [2.75, 3.05) is 5.75 Å². The molecule has 1 heterocycles. The molecule has 2 atom stereocenters. The molecule has 1 aliphatic rings. The van der Waals surface area contributed by atoms with E-state index in [1.807, 2.05) is 30.3 Å². The lowest BCUT2D eigenvalue weighted by Gasteiger charge is -2.13. The second-order valence-electron chi connectivity index (χ2n) is 3.16. The molecule has 1 aromatic carbocycles. The van der Waals surface area contributed by atoms with E-state index in [4.69, 9.17) is 0 Å². The van der Waals surface area contributed by atoms with Gasteiger partial charge in [0.2, 0.25) is 0 Å². The molecule has 0 amide bonds. The van der Waals surface area contributed by atoms with Gasteiger partial charge in [-0.05, 0) is 5.56 Å². The van der Waals surface area contributed by atoms with Gasteiger partial charge in [0, 0.05) is 5.75 Å². The van der Waals surface area contributed by atoms with Gasteiger partial charge in [-0.3, -0.25) is 5.32 Å². The maximum absolute atomic E-state index is 10.6. The second kappa shape index (κ2) is 4.02. The normalized spacial score (nSPS) is 26.3. The Hall–Kier alpha value is -1.00. The van der Waals surface area contributed by atoms with Crippen LogP contribution in [-0.2, 0) is 4.79 Å². The van der Waals surface area contributed by atoms with Crippen molar-refractivity contribution in [1.82, 2.24) is 5.32 Å². The molecule has 74 valence electrons. The summed E-state index contributed by atoms with van der Waals surface area (Å²) < 4.78 is 0. The Morgan fingerprint density at radius 3 is 2.71 bits per heavy atom. The standard InChI is InChI=1S/C10H11NO2S/c12-10(13)8-6-14-9(11-8)7-4-2-1-3-5-7/h1-5,8-9,11H,6H2,(H,12,13)/p-1. The molecule has 4 heteroatoms. The molecule has 0 saturated carbocycles. The first kappa shape index (κ1) is 9.55. The van der Waals surface area contributed by atoms with Crippen molar-refractivity contribution in [3.05, 3.63) is 35.9 Å². The first-order valence-electron chi connectivity index (χ1n) is 4.41. The van der Waals surface area contributed by atoms with E-state index in [0.717, 1.165) is 5.56 Å². The molecule has 0 spiro atoms. The summed E-state index contributed by atoms with van der Waals surface area (Å²) >= 11 is 1.60. The number of hydrogen-bond acceptors (Lipinski definition) is 4. The molecular formula is C10H10NO2S-. The van der Waals surface area contributed by atoms with Crippen LogP contribution in [0, 0.1) is 0 Å². The van der Waals surface area contributed by atoms with Crippen LogP contribution in [0.25, 0.3) is 0 Å². The number of carboxylic acids is 1. The number of carbonyl (C=O) groups excluding carboxylic acids is 1. The number of rotatable bonds is 2. The highest BCUT2D eigenvalue weighted by atomic mass is 32.2. The summed E-state index contributed by atoms with van der Waals surface area (Å²) in [6, 6.07) is 9.29. The van der Waals surface area contributed by atoms with Crippen LogP contribution in [-0.4, -0.2) is 17.8 Å². The van der Waals surface area contributed by atoms with Crippen LogP contribution in [0.4, 0.5) is 0 Å². The van der Waals surface area contributed by atoms with E-state index in [1.54, 1.807) is 11.8 Å². The van der Waals surface area contributed by atoms with Gasteiger partial charge in [0.05, 0.1) is 17.4 Å². The van der Waals surface area contributed by atoms with Gasteiger partial charge < -0.3 is 9.90 Å². The summed E-state index contributed by atoms with van der Waals surface area (Å²) in [5.41, 5.74) is 1.11. The van der Waals surface area contributed by atoms with Crippen LogP contribution in [0.2, 0.25) is 0 Å². The SMILES string of the molecule is O=C([O-])C1CSC(c2ccccc2)N1. The van der Waals surface area contributed by atoms with E-state index >= 15 is 0 Å². The molecule has 3 nitrogen and oxygen atoms in total. The molecule has 1 fully saturated rings. The fourth-order valence-corrected chi connectivity index (χ4v) is 2.66. The first-order valence-corrected chi connectivity index (χ1v) is 5.46. The fraction of sp³-hybridized carbons (Fsp3) is 0.300. The number of benzene rings is 1. The summed E-state index contributed by atoms with van der Waals surface area (Å²) in [4.78, 5) is 10.6. The van der Waals surface area contributed by atoms with Crippen molar-refractivity contribution < 1.29 is 9.90 Å². The van der Waals surface area contributed by atoms with Crippen molar-refractivity contribution in [2.24, 2.45) is 0 Å². The topological polar surface area (TPSA) is 52.2 Å². The molecule has 0 radical (unpaired) electrons. The van der Waals surface area contributed by atoms with Crippen LogP contribution in [0.15, 0.2) is 30.3 Å². The second-order valence-corrected chi connectivity index (χ2v) is 4.30. The molecule has 1 aromatic rings. The summed E-state index contributed by atoms with van der Waals surface area (Å²) in [6.07, 6.45) is 0. The third-order valence-electron chi connectivity index (χ3n) is 2.17. The molecule has 0 aliphatic carbocycles. The Morgan fingerprint density at radius 1 is 1.43 bits per heavy atom. The lowest BCUT2D eigenvalue weighted by molar-refractivity contribution is -0.307. The third kappa shape index (κ3) is 1.91. The zero-order valence-electron chi connectivity index (χ0n) is 7.47. The molecule has 2 rings (SSSR count). The molecule has 1 aliphatic heterocycles. The van der Waals surface area contributed by atoms with Gasteiger partial charge >= 0.3 is 0 Å². The molecule has 14 heavy (non-hydrogen) atoms. The summed E-state index contributed by atoms with van der Waals surface area (Å²) in [6.45, 7) is 0. The van der Waals surface area contributed by atoms with Crippen molar-refractivity contribution in [3.63, 3.8) is 0 Å². The highest BCUT2D eigenvalue weighted by Gasteiger charge is 2.25. The van der Waals surface area contributed by atoms with E-state index in [1.165, 1.54) is 0 Å². The van der Waals surface area contributed by atoms with Gasteiger partial charge in [-0.25, -0.2) is 0 Å². The highest BCUT2D eigenvalue weighted by molar-refractivity contribution is 7.99. The zero-order valence-corrected chi connectivity index (χ0v) is 8.29. The average molecular weight is 208 g/mol. The van der Waals surface area contributed by atoms with Gasteiger partial charge in [-0.1, -0.05) is 30.3 Å². The maximum atomic E-state index is 10.6. The molecule has 2 unspecified atom stereocenters. The quantitative estimate of drug-likeness (QED) is 0.751. The smallest absolute Gasteiger partial charge is 0.0795 e. The average Bonchev–Trinajstić information content (AvgIpc) is 2.68. The van der Waals surface area contributed by atoms with E-state index in [9.17, 15) is 9.90 Å². The lowest BCUT2D eigenvalue weighted by atomic mass is 10.2. The van der Waals surface area contributed by atoms with Gasteiger partial charge in [-0.15, -0.1) is 11.8 Å². The number of carbonyl (C=O) groups is 1. The van der Waals surface area contributed by atoms with Crippen LogP contribution in [0.3, 0.4) is 0 Å². The predicted molar refractivity (Wildman–Crippen MR) is 53.6 cm³/mol. The van der Waals surface area contributed by atoms with E-state index in [0.29, 0.717) is 5.75 Å². The minimum absolute atomic E-state index is 0.0825. The molecule has 1 N–H and O–H groups in total. The summed E-state index contributed by atoms with van der Waals surface area (Å²) in [7, 11) is 0. The van der Waals surface area contributed by atoms with Gasteiger partial charge in [0.15, 0.2) is 0 Å². The lowest BCUT2D eigenvalue weighted by Crippen LogP contribution is -2.43. The Morgan fingerprint density at radius 2 is 2.14 bits per heavy atom. The third-order valence-corrected chi connectivity index (χ3v) is 3.44. The first-order chi connectivity index (χ1) is 6.77. The minimum Gasteiger partial charge on any atom is -0.548 e. The molecule has 0 aromatic heterocycles. The van der Waals surface area contributed by atoms with Crippen LogP contribution >= 0.6 is 11.8 Å². The van der Waals surface area contributed by atoms with Crippen LogP contribution in [0.5, 0.6) is 0 Å². The van der Waals surface area contributed by atoms with Gasteiger partial charge in [0.25, 0.3) is 0 Å². The number of nitrogens with one attached hydrogen (secondary N) is 1. The number of aliphatic carboxylic acids is 1. The van der Waals surface area contributed by atoms with Crippen LogP contribution < -0.4 is 10.4 Å². The van der Waals surface area contributed by atoms with Gasteiger partial charge in [0.1, 0.15) is 0 Å². The van der Waals surface area contributed by atoms with Crippen molar-refractivity contribution in [2.45, 2.75) is 11.4 Å². The predicted octanol–water partition coefficient (Wildman–Crippen LogP) is 0.140. The number of carboxylic acid groups (broad SMARTS) is 1. The van der Waals surface area contributed by atoms with Crippen molar-refractivity contribution >= 4 is 17.7 Å². The zero-order chi connectivity index (χ0) is 9.97. The Bertz CT molecular complexity index is 328. The number of thioether (sulfide) groups is 1. The highest BCUT2D eigenvalue weighted by Crippen LogP contribution is 2.32. The Kier molecular flexibility index (Phi) is 2.74.